The van der Waals surface area contributed by atoms with E-state index in [0.717, 1.165) is 62.3 Å². The zero-order valence-electron chi connectivity index (χ0n) is 26.3. The maximum absolute atomic E-state index is 13.2. The van der Waals surface area contributed by atoms with E-state index in [1.807, 2.05) is 6.07 Å². The number of anilines is 3. The minimum atomic E-state index is -4.20. The molecule has 1 N–H and O–H groups in total. The standard InChI is InChI=1S/C34H37N7O5S/c1-38-18-20-39(21-19-38)15-3-16-40-17-14-27-22-26(4-13-33(27)40)32-23-34(36-24-35-32)37-28-5-7-29(8-6-28)41(46-25-42)47(43,44)31-11-9-30(45-2)10-12-31/h4-14,17,22-25H,3,15-16,18-21H2,1-2H3,(H,35,36,37). The number of aromatic nitrogens is 3. The number of nitrogens with one attached hydrogen (secondary N) is 1. The smallest absolute Gasteiger partial charge is 0.322 e. The lowest BCUT2D eigenvalue weighted by Gasteiger charge is -2.32. The highest BCUT2D eigenvalue weighted by Crippen LogP contribution is 2.29. The molecule has 0 unspecified atom stereocenters. The molecule has 1 aliphatic rings. The number of fused-ring (bicyclic) bond motifs is 1. The van der Waals surface area contributed by atoms with E-state index < -0.39 is 10.0 Å². The maximum Gasteiger partial charge on any atom is 0.322 e. The molecule has 12 nitrogen and oxygen atoms in total. The molecule has 1 aliphatic heterocycles. The molecular formula is C34H37N7O5S. The Morgan fingerprint density at radius 2 is 1.68 bits per heavy atom. The van der Waals surface area contributed by atoms with Gasteiger partial charge >= 0.3 is 6.47 Å². The molecule has 0 atom stereocenters. The largest absolute Gasteiger partial charge is 0.497 e. The molecule has 0 saturated carbocycles. The van der Waals surface area contributed by atoms with E-state index in [9.17, 15) is 13.2 Å². The summed E-state index contributed by atoms with van der Waals surface area (Å²) < 4.78 is 34.5. The fraction of sp³-hybridized carbons (Fsp3) is 0.265. The topological polar surface area (TPSA) is 122 Å². The molecule has 0 amide bonds. The van der Waals surface area contributed by atoms with Crippen LogP contribution in [0.25, 0.3) is 22.2 Å². The van der Waals surface area contributed by atoms with Gasteiger partial charge in [-0.2, -0.15) is 8.42 Å². The SMILES string of the molecule is COc1ccc(S(=O)(=O)N(OC=O)c2ccc(Nc3cc(-c4ccc5c(ccn5CCCN5CCN(C)CC5)c4)ncn3)cc2)cc1. The molecule has 3 heterocycles. The van der Waals surface area contributed by atoms with E-state index in [1.54, 1.807) is 12.1 Å². The first kappa shape index (κ1) is 32.0. The summed E-state index contributed by atoms with van der Waals surface area (Å²) in [6.07, 6.45) is 4.76. The van der Waals surface area contributed by atoms with Crippen LogP contribution in [-0.2, 0) is 26.2 Å². The number of ether oxygens (including phenoxy) is 1. The summed E-state index contributed by atoms with van der Waals surface area (Å²) in [5.74, 6) is 1.06. The number of hydrogen-bond acceptors (Lipinski definition) is 10. The molecule has 5 aromatic rings. The van der Waals surface area contributed by atoms with E-state index in [4.69, 9.17) is 9.57 Å². The van der Waals surface area contributed by atoms with Crippen LogP contribution in [0.4, 0.5) is 17.2 Å². The van der Waals surface area contributed by atoms with Crippen LogP contribution >= 0.6 is 0 Å². The van der Waals surface area contributed by atoms with Crippen LogP contribution in [0, 0.1) is 0 Å². The van der Waals surface area contributed by atoms with Crippen molar-refractivity contribution in [1.82, 2.24) is 24.3 Å². The molecule has 2 aromatic heterocycles. The number of aryl methyl sites for hydroxylation is 1. The molecule has 1 fully saturated rings. The summed E-state index contributed by atoms with van der Waals surface area (Å²) in [7, 11) is -0.530. The van der Waals surface area contributed by atoms with Crippen molar-refractivity contribution in [1.29, 1.82) is 0 Å². The van der Waals surface area contributed by atoms with Gasteiger partial charge in [-0.3, -0.25) is 4.79 Å². The summed E-state index contributed by atoms with van der Waals surface area (Å²) >= 11 is 0. The Kier molecular flexibility index (Phi) is 9.66. The second kappa shape index (κ2) is 14.2. The normalized spacial score (nSPS) is 14.2. The number of carbonyl (C=O) groups excluding carboxylic acids is 1. The number of benzene rings is 3. The van der Waals surface area contributed by atoms with Crippen molar-refractivity contribution in [2.75, 3.05) is 56.7 Å². The molecule has 3 aromatic carbocycles. The van der Waals surface area contributed by atoms with E-state index in [1.165, 1.54) is 55.4 Å². The number of piperazine rings is 1. The number of likely N-dealkylation sites (N-methyl/N-ethyl adjacent to an activating group) is 1. The third-order valence-corrected chi connectivity index (χ3v) is 9.87. The van der Waals surface area contributed by atoms with Gasteiger partial charge in [-0.15, -0.1) is 0 Å². The van der Waals surface area contributed by atoms with Crippen molar-refractivity contribution in [3.63, 3.8) is 0 Å². The van der Waals surface area contributed by atoms with Gasteiger partial charge in [-0.05, 0) is 86.7 Å². The molecular weight excluding hydrogens is 618 g/mol. The lowest BCUT2D eigenvalue weighted by molar-refractivity contribution is -0.128. The molecule has 0 aliphatic carbocycles. The van der Waals surface area contributed by atoms with Crippen molar-refractivity contribution in [2.24, 2.45) is 0 Å². The van der Waals surface area contributed by atoms with Crippen LogP contribution in [0.5, 0.6) is 5.75 Å². The third-order valence-electron chi connectivity index (χ3n) is 8.27. The Hall–Kier alpha value is -4.98. The zero-order chi connectivity index (χ0) is 32.8. The van der Waals surface area contributed by atoms with Gasteiger partial charge in [0.05, 0.1) is 23.4 Å². The van der Waals surface area contributed by atoms with Gasteiger partial charge in [0.2, 0.25) is 0 Å². The molecule has 0 spiro atoms. The molecule has 47 heavy (non-hydrogen) atoms. The van der Waals surface area contributed by atoms with Gasteiger partial charge in [0.15, 0.2) is 0 Å². The lowest BCUT2D eigenvalue weighted by atomic mass is 10.1. The minimum absolute atomic E-state index is 0.0631. The van der Waals surface area contributed by atoms with Crippen LogP contribution in [0.2, 0.25) is 0 Å². The van der Waals surface area contributed by atoms with Gasteiger partial charge in [-0.25, -0.2) is 9.97 Å². The second-order valence-electron chi connectivity index (χ2n) is 11.4. The van der Waals surface area contributed by atoms with E-state index >= 15 is 0 Å². The van der Waals surface area contributed by atoms with Gasteiger partial charge in [0, 0.05) is 67.1 Å². The Balaban J connectivity index is 1.12. The molecule has 0 radical (unpaired) electrons. The number of nitrogens with zero attached hydrogens (tertiary/aromatic N) is 6. The van der Waals surface area contributed by atoms with E-state index in [-0.39, 0.29) is 17.1 Å². The van der Waals surface area contributed by atoms with Crippen molar-refractivity contribution in [3.05, 3.63) is 91.4 Å². The minimum Gasteiger partial charge on any atom is -0.497 e. The first-order valence-electron chi connectivity index (χ1n) is 15.3. The second-order valence-corrected chi connectivity index (χ2v) is 13.1. The summed E-state index contributed by atoms with van der Waals surface area (Å²) in [5.41, 5.74) is 3.72. The molecule has 13 heteroatoms. The van der Waals surface area contributed by atoms with Gasteiger partial charge < -0.3 is 29.3 Å². The first-order valence-corrected chi connectivity index (χ1v) is 16.8. The summed E-state index contributed by atoms with van der Waals surface area (Å²) in [4.78, 5) is 29.8. The van der Waals surface area contributed by atoms with Crippen molar-refractivity contribution < 1.29 is 22.8 Å². The first-order chi connectivity index (χ1) is 22.8. The monoisotopic (exact) mass is 655 g/mol. The van der Waals surface area contributed by atoms with E-state index in [0.29, 0.717) is 21.7 Å². The van der Waals surface area contributed by atoms with E-state index in [2.05, 4.69) is 67.2 Å². The third kappa shape index (κ3) is 7.38. The number of hydrogen-bond donors (Lipinski definition) is 1. The highest BCUT2D eigenvalue weighted by molar-refractivity contribution is 7.92. The van der Waals surface area contributed by atoms with Gasteiger partial charge in [0.25, 0.3) is 10.0 Å². The summed E-state index contributed by atoms with van der Waals surface area (Å²) in [5, 5.41) is 4.39. The van der Waals surface area contributed by atoms with Gasteiger partial charge in [0.1, 0.15) is 17.9 Å². The molecule has 1 saturated heterocycles. The fourth-order valence-corrected chi connectivity index (χ4v) is 6.85. The Bertz CT molecular complexity index is 1920. The number of sulfonamides is 1. The summed E-state index contributed by atoms with van der Waals surface area (Å²) in [6, 6.07) is 22.5. The summed E-state index contributed by atoms with van der Waals surface area (Å²) in [6.45, 7) is 6.70. The fourth-order valence-electron chi connectivity index (χ4n) is 5.63. The zero-order valence-corrected chi connectivity index (χ0v) is 27.1. The molecule has 0 bridgehead atoms. The molecule has 244 valence electrons. The van der Waals surface area contributed by atoms with Gasteiger partial charge in [-0.1, -0.05) is 10.5 Å². The predicted molar refractivity (Wildman–Crippen MR) is 181 cm³/mol. The lowest BCUT2D eigenvalue weighted by Crippen LogP contribution is -2.44. The van der Waals surface area contributed by atoms with Crippen LogP contribution in [0.1, 0.15) is 6.42 Å². The van der Waals surface area contributed by atoms with Crippen LogP contribution in [-0.4, -0.2) is 86.1 Å². The van der Waals surface area contributed by atoms with Crippen LogP contribution < -0.4 is 14.5 Å². The number of carbonyl (C=O) groups is 1. The highest BCUT2D eigenvalue weighted by Gasteiger charge is 2.27. The average Bonchev–Trinajstić information content (AvgIpc) is 3.50. The maximum atomic E-state index is 13.2. The number of rotatable bonds is 13. The average molecular weight is 656 g/mol. The quantitative estimate of drug-likeness (QED) is 0.140. The van der Waals surface area contributed by atoms with Crippen molar-refractivity contribution in [2.45, 2.75) is 17.9 Å². The van der Waals surface area contributed by atoms with Crippen molar-refractivity contribution >= 4 is 44.6 Å². The van der Waals surface area contributed by atoms with Crippen molar-refractivity contribution in [3.8, 4) is 17.0 Å². The molecule has 6 rings (SSSR count). The Labute approximate surface area is 274 Å². The van der Waals surface area contributed by atoms with Crippen LogP contribution in [0.15, 0.2) is 96.3 Å². The Morgan fingerprint density at radius 1 is 0.915 bits per heavy atom. The predicted octanol–water partition coefficient (Wildman–Crippen LogP) is 4.77. The number of methoxy groups -OCH3 is 1. The Morgan fingerprint density at radius 3 is 2.40 bits per heavy atom. The van der Waals surface area contributed by atoms with Crippen LogP contribution in [0.3, 0.4) is 0 Å². The highest BCUT2D eigenvalue weighted by atomic mass is 32.2.